The molecule has 1 heterocycles. The average Bonchev–Trinajstić information content (AvgIpc) is 2.80. The van der Waals surface area contributed by atoms with E-state index in [0.29, 0.717) is 6.04 Å². The molecule has 0 saturated heterocycles. The third-order valence-corrected chi connectivity index (χ3v) is 6.68. The van der Waals surface area contributed by atoms with E-state index < -0.39 is 0 Å². The molecule has 0 aromatic carbocycles. The molecule has 4 saturated carbocycles. The fourth-order valence-corrected chi connectivity index (χ4v) is 6.13. The number of hydrogen-bond acceptors (Lipinski definition) is 2. The Morgan fingerprint density at radius 1 is 1.05 bits per heavy atom. The van der Waals surface area contributed by atoms with Gasteiger partial charge in [0.15, 0.2) is 0 Å². The van der Waals surface area contributed by atoms with E-state index in [9.17, 15) is 0 Å². The monoisotopic (exact) mass is 271 g/mol. The van der Waals surface area contributed by atoms with Crippen LogP contribution in [0.4, 0.5) is 0 Å². The molecule has 3 heteroatoms. The molecule has 4 fully saturated rings. The van der Waals surface area contributed by atoms with Gasteiger partial charge in [-0.3, -0.25) is 4.68 Å². The Morgan fingerprint density at radius 3 is 2.45 bits per heavy atom. The van der Waals surface area contributed by atoms with Crippen molar-refractivity contribution in [3.8, 4) is 0 Å². The summed E-state index contributed by atoms with van der Waals surface area (Å²) in [5, 5.41) is 4.84. The number of fused-ring (bicyclic) bond motifs is 1. The lowest BCUT2D eigenvalue weighted by Gasteiger charge is -2.54. The van der Waals surface area contributed by atoms with Crippen molar-refractivity contribution >= 4 is 0 Å². The third kappa shape index (κ3) is 1.59. The molecule has 0 aliphatic heterocycles. The van der Waals surface area contributed by atoms with Crippen molar-refractivity contribution in [1.29, 1.82) is 0 Å². The zero-order chi connectivity index (χ0) is 13.3. The van der Waals surface area contributed by atoms with Crippen LogP contribution in [0.5, 0.6) is 0 Å². The van der Waals surface area contributed by atoms with E-state index in [1.54, 1.807) is 0 Å². The molecule has 1 aromatic heterocycles. The van der Waals surface area contributed by atoms with Gasteiger partial charge in [0.05, 0.1) is 12.2 Å². The lowest BCUT2D eigenvalue weighted by molar-refractivity contribution is -0.0347. The second-order valence-corrected chi connectivity index (χ2v) is 7.99. The van der Waals surface area contributed by atoms with E-state index in [2.05, 4.69) is 10.9 Å². The van der Waals surface area contributed by atoms with Crippen LogP contribution in [0.3, 0.4) is 0 Å². The van der Waals surface area contributed by atoms with Gasteiger partial charge in [-0.25, -0.2) is 0 Å². The summed E-state index contributed by atoms with van der Waals surface area (Å²) >= 11 is 0. The van der Waals surface area contributed by atoms with E-state index in [4.69, 9.17) is 10.8 Å². The minimum absolute atomic E-state index is 0.360. The highest BCUT2D eigenvalue weighted by molar-refractivity contribution is 5.24. The Kier molecular flexibility index (Phi) is 2.41. The number of nitrogens with zero attached hydrogens (tertiary/aromatic N) is 2. The molecular formula is C17H25N3. The predicted molar refractivity (Wildman–Crippen MR) is 78.3 cm³/mol. The highest BCUT2D eigenvalue weighted by Gasteiger charge is 2.49. The van der Waals surface area contributed by atoms with Crippen molar-refractivity contribution in [3.63, 3.8) is 0 Å². The van der Waals surface area contributed by atoms with Gasteiger partial charge in [-0.1, -0.05) is 0 Å². The molecule has 0 spiro atoms. The molecule has 1 atom stereocenters. The quantitative estimate of drug-likeness (QED) is 0.853. The molecule has 0 amide bonds. The SMILES string of the molecule is NC1CCc2c(cnn2C2C3CC4CC(C3)CC2C4)C1. The first-order chi connectivity index (χ1) is 9.78. The van der Waals surface area contributed by atoms with Gasteiger partial charge in [0.2, 0.25) is 0 Å². The molecule has 5 aliphatic rings. The van der Waals surface area contributed by atoms with Gasteiger partial charge in [0.25, 0.3) is 0 Å². The van der Waals surface area contributed by atoms with Gasteiger partial charge in [0.1, 0.15) is 0 Å². The van der Waals surface area contributed by atoms with E-state index in [1.165, 1.54) is 43.4 Å². The second kappa shape index (κ2) is 4.09. The fourth-order valence-electron chi connectivity index (χ4n) is 6.13. The van der Waals surface area contributed by atoms with Crippen molar-refractivity contribution in [2.24, 2.45) is 29.4 Å². The summed E-state index contributed by atoms with van der Waals surface area (Å²) in [5.74, 6) is 3.94. The molecule has 1 unspecified atom stereocenters. The normalized spacial score (nSPS) is 45.6. The van der Waals surface area contributed by atoms with Crippen LogP contribution in [-0.2, 0) is 12.8 Å². The molecule has 3 nitrogen and oxygen atoms in total. The summed E-state index contributed by atoms with van der Waals surface area (Å²) in [4.78, 5) is 0. The molecule has 108 valence electrons. The molecule has 4 bridgehead atoms. The second-order valence-electron chi connectivity index (χ2n) is 7.99. The largest absolute Gasteiger partial charge is 0.327 e. The van der Waals surface area contributed by atoms with E-state index in [-0.39, 0.29) is 0 Å². The zero-order valence-corrected chi connectivity index (χ0v) is 12.2. The summed E-state index contributed by atoms with van der Waals surface area (Å²) in [5.41, 5.74) is 9.09. The van der Waals surface area contributed by atoms with Gasteiger partial charge in [-0.05, 0) is 80.6 Å². The highest BCUT2D eigenvalue weighted by atomic mass is 15.3. The number of nitrogens with two attached hydrogens (primary N) is 1. The highest BCUT2D eigenvalue weighted by Crippen LogP contribution is 2.58. The molecule has 2 N–H and O–H groups in total. The van der Waals surface area contributed by atoms with Gasteiger partial charge in [-0.2, -0.15) is 5.10 Å². The van der Waals surface area contributed by atoms with E-state index in [1.807, 2.05) is 0 Å². The predicted octanol–water partition coefficient (Wildman–Crippen LogP) is 2.70. The van der Waals surface area contributed by atoms with E-state index >= 15 is 0 Å². The van der Waals surface area contributed by atoms with Crippen LogP contribution in [-0.4, -0.2) is 15.8 Å². The first-order valence-electron chi connectivity index (χ1n) is 8.58. The minimum atomic E-state index is 0.360. The van der Waals surface area contributed by atoms with Crippen LogP contribution in [0.2, 0.25) is 0 Å². The molecule has 6 rings (SSSR count). The van der Waals surface area contributed by atoms with Crippen molar-refractivity contribution in [2.75, 3.05) is 0 Å². The molecule has 5 aliphatic carbocycles. The van der Waals surface area contributed by atoms with Crippen molar-refractivity contribution in [1.82, 2.24) is 9.78 Å². The summed E-state index contributed by atoms with van der Waals surface area (Å²) in [6.45, 7) is 0. The molecule has 20 heavy (non-hydrogen) atoms. The zero-order valence-electron chi connectivity index (χ0n) is 12.2. The Bertz CT molecular complexity index is 504. The van der Waals surface area contributed by atoms with Crippen LogP contribution in [0.1, 0.15) is 55.8 Å². The summed E-state index contributed by atoms with van der Waals surface area (Å²) in [6.07, 6.45) is 12.9. The summed E-state index contributed by atoms with van der Waals surface area (Å²) < 4.78 is 2.47. The van der Waals surface area contributed by atoms with Gasteiger partial charge in [0, 0.05) is 11.7 Å². The van der Waals surface area contributed by atoms with Crippen LogP contribution >= 0.6 is 0 Å². The lowest BCUT2D eigenvalue weighted by atomic mass is 9.54. The van der Waals surface area contributed by atoms with Gasteiger partial charge in [-0.15, -0.1) is 0 Å². The minimum Gasteiger partial charge on any atom is -0.327 e. The molecular weight excluding hydrogens is 246 g/mol. The summed E-state index contributed by atoms with van der Waals surface area (Å²) in [7, 11) is 0. The van der Waals surface area contributed by atoms with Crippen LogP contribution in [0, 0.1) is 23.7 Å². The standard InChI is InChI=1S/C17H25N3/c18-15-1-2-16-14(8-15)9-19-20(16)17-12-4-10-3-11(6-12)7-13(17)5-10/h9-13,15,17H,1-8,18H2. The topological polar surface area (TPSA) is 43.8 Å². The van der Waals surface area contributed by atoms with Gasteiger partial charge < -0.3 is 5.73 Å². The number of aromatic nitrogens is 2. The Labute approximate surface area is 120 Å². The summed E-state index contributed by atoms with van der Waals surface area (Å²) in [6, 6.07) is 1.08. The first-order valence-corrected chi connectivity index (χ1v) is 8.58. The van der Waals surface area contributed by atoms with Crippen LogP contribution < -0.4 is 5.73 Å². The van der Waals surface area contributed by atoms with Crippen LogP contribution in [0.25, 0.3) is 0 Å². The Morgan fingerprint density at radius 2 is 1.75 bits per heavy atom. The molecule has 1 aromatic rings. The smallest absolute Gasteiger partial charge is 0.0579 e. The Balaban J connectivity index is 1.51. The van der Waals surface area contributed by atoms with Crippen LogP contribution in [0.15, 0.2) is 6.20 Å². The van der Waals surface area contributed by atoms with Crippen molar-refractivity contribution < 1.29 is 0 Å². The number of rotatable bonds is 1. The van der Waals surface area contributed by atoms with E-state index in [0.717, 1.165) is 49.0 Å². The Hall–Kier alpha value is -0.830. The maximum Gasteiger partial charge on any atom is 0.0579 e. The van der Waals surface area contributed by atoms with Gasteiger partial charge >= 0.3 is 0 Å². The maximum atomic E-state index is 6.12. The van der Waals surface area contributed by atoms with Crippen molar-refractivity contribution in [3.05, 3.63) is 17.5 Å². The maximum absolute atomic E-state index is 6.12. The molecule has 0 radical (unpaired) electrons. The fraction of sp³-hybridized carbons (Fsp3) is 0.824. The number of hydrogen-bond donors (Lipinski definition) is 1. The third-order valence-electron chi connectivity index (χ3n) is 6.68. The van der Waals surface area contributed by atoms with Crippen molar-refractivity contribution in [2.45, 2.75) is 63.5 Å². The average molecular weight is 271 g/mol. The first kappa shape index (κ1) is 11.8. The lowest BCUT2D eigenvalue weighted by Crippen LogP contribution is -2.46.